The summed E-state index contributed by atoms with van der Waals surface area (Å²) in [4.78, 5) is 41.2. The van der Waals surface area contributed by atoms with E-state index in [1.54, 1.807) is 11.6 Å². The fraction of sp³-hybridized carbons (Fsp3) is 0.536. The number of likely N-dealkylation sites (N-methyl/N-ethyl adjacent to an activating group) is 1. The molecule has 3 aromatic rings. The maximum absolute atomic E-state index is 15.7. The van der Waals surface area contributed by atoms with Crippen LogP contribution >= 0.6 is 0 Å². The number of amides is 2. The SMILES string of the molecule is CNCCc1nc2c(F)c3c(c(F)c2n1C)CC(CN1CCC2(CC1)CN(c1cnc4c(n1)NC(=O)CO4)C(=O)O2)C3. The number of rotatable bonds is 6. The van der Waals surface area contributed by atoms with Gasteiger partial charge in [0.25, 0.3) is 11.8 Å². The minimum Gasteiger partial charge on any atom is -0.465 e. The first-order valence-electron chi connectivity index (χ1n) is 14.3. The summed E-state index contributed by atoms with van der Waals surface area (Å²) >= 11 is 0. The van der Waals surface area contributed by atoms with Crippen LogP contribution in [0.3, 0.4) is 0 Å². The number of benzene rings is 1. The van der Waals surface area contributed by atoms with Crippen molar-refractivity contribution in [2.75, 3.05) is 56.6 Å². The molecule has 42 heavy (non-hydrogen) atoms. The number of aryl methyl sites for hydroxylation is 1. The average molecular weight is 583 g/mol. The van der Waals surface area contributed by atoms with E-state index in [0.29, 0.717) is 81.8 Å². The molecule has 12 nitrogen and oxygen atoms in total. The fourth-order valence-electron chi connectivity index (χ4n) is 6.72. The van der Waals surface area contributed by atoms with Gasteiger partial charge in [-0.2, -0.15) is 0 Å². The van der Waals surface area contributed by atoms with Crippen LogP contribution in [0.25, 0.3) is 11.0 Å². The Labute approximate surface area is 240 Å². The molecule has 1 aliphatic carbocycles. The number of piperidine rings is 1. The van der Waals surface area contributed by atoms with Gasteiger partial charge in [-0.25, -0.2) is 28.5 Å². The van der Waals surface area contributed by atoms with E-state index in [4.69, 9.17) is 9.47 Å². The van der Waals surface area contributed by atoms with E-state index < -0.39 is 17.5 Å². The molecule has 2 saturated heterocycles. The smallest absolute Gasteiger partial charge is 0.416 e. The quantitative estimate of drug-likeness (QED) is 0.448. The van der Waals surface area contributed by atoms with Gasteiger partial charge < -0.3 is 29.6 Å². The molecule has 1 aromatic carbocycles. The molecule has 2 aromatic heterocycles. The summed E-state index contributed by atoms with van der Waals surface area (Å²) < 4.78 is 44.1. The number of nitrogens with zero attached hydrogens (tertiary/aromatic N) is 6. The molecule has 2 amide bonds. The van der Waals surface area contributed by atoms with E-state index in [-0.39, 0.29) is 52.8 Å². The van der Waals surface area contributed by atoms with Crippen molar-refractivity contribution in [3.05, 3.63) is 34.8 Å². The second-order valence-corrected chi connectivity index (χ2v) is 11.7. The van der Waals surface area contributed by atoms with Crippen LogP contribution in [-0.4, -0.2) is 88.4 Å². The van der Waals surface area contributed by atoms with Crippen LogP contribution in [0.2, 0.25) is 0 Å². The van der Waals surface area contributed by atoms with Gasteiger partial charge >= 0.3 is 6.09 Å². The number of carbonyl (C=O) groups is 2. The zero-order chi connectivity index (χ0) is 29.2. The number of hydrogen-bond donors (Lipinski definition) is 2. The number of imidazole rings is 1. The highest BCUT2D eigenvalue weighted by molar-refractivity contribution is 5.95. The Morgan fingerprint density at radius 3 is 2.67 bits per heavy atom. The normalized spacial score (nSPS) is 21.4. The molecule has 1 unspecified atom stereocenters. The van der Waals surface area contributed by atoms with Crippen LogP contribution in [0.5, 0.6) is 5.88 Å². The highest BCUT2D eigenvalue weighted by Crippen LogP contribution is 2.39. The van der Waals surface area contributed by atoms with Gasteiger partial charge in [0.15, 0.2) is 29.9 Å². The number of halogens is 2. The third kappa shape index (κ3) is 4.44. The number of anilines is 2. The number of carbonyl (C=O) groups excluding carboxylic acids is 2. The van der Waals surface area contributed by atoms with Crippen LogP contribution in [-0.2, 0) is 35.8 Å². The molecule has 7 rings (SSSR count). The molecule has 0 bridgehead atoms. The zero-order valence-electron chi connectivity index (χ0n) is 23.5. The maximum Gasteiger partial charge on any atom is 0.416 e. The van der Waals surface area contributed by atoms with E-state index in [2.05, 4.69) is 30.5 Å². The van der Waals surface area contributed by atoms with Crippen LogP contribution in [0.1, 0.15) is 29.8 Å². The molecule has 3 aliphatic heterocycles. The lowest BCUT2D eigenvalue weighted by Crippen LogP contribution is -2.48. The minimum absolute atomic E-state index is 0.0875. The van der Waals surface area contributed by atoms with Crippen molar-refractivity contribution in [2.45, 2.75) is 37.7 Å². The lowest BCUT2D eigenvalue weighted by molar-refractivity contribution is -0.118. The summed E-state index contributed by atoms with van der Waals surface area (Å²) in [6.45, 7) is 2.95. The number of aromatic nitrogens is 4. The van der Waals surface area contributed by atoms with Crippen LogP contribution < -0.4 is 20.3 Å². The molecular weight excluding hydrogens is 550 g/mol. The van der Waals surface area contributed by atoms with Gasteiger partial charge in [0, 0.05) is 52.5 Å². The van der Waals surface area contributed by atoms with Crippen molar-refractivity contribution in [1.82, 2.24) is 29.7 Å². The molecule has 14 heteroatoms. The number of ether oxygens (including phenoxy) is 2. The minimum atomic E-state index is -0.657. The second-order valence-electron chi connectivity index (χ2n) is 11.7. The number of hydrogen-bond acceptors (Lipinski definition) is 9. The summed E-state index contributed by atoms with van der Waals surface area (Å²) in [5, 5.41) is 5.66. The van der Waals surface area contributed by atoms with Gasteiger partial charge in [0.2, 0.25) is 0 Å². The van der Waals surface area contributed by atoms with Crippen molar-refractivity contribution < 1.29 is 27.8 Å². The first-order valence-corrected chi connectivity index (χ1v) is 14.3. The van der Waals surface area contributed by atoms with Gasteiger partial charge in [-0.15, -0.1) is 0 Å². The fourth-order valence-corrected chi connectivity index (χ4v) is 6.72. The van der Waals surface area contributed by atoms with Crippen molar-refractivity contribution in [1.29, 1.82) is 0 Å². The molecule has 0 radical (unpaired) electrons. The summed E-state index contributed by atoms with van der Waals surface area (Å²) in [6, 6.07) is 0. The van der Waals surface area contributed by atoms with E-state index in [1.165, 1.54) is 11.1 Å². The van der Waals surface area contributed by atoms with Crippen LogP contribution in [0, 0.1) is 17.6 Å². The molecular formula is C28H32F2N8O4. The summed E-state index contributed by atoms with van der Waals surface area (Å²) in [5.41, 5.74) is 0.617. The molecule has 1 spiro atoms. The maximum atomic E-state index is 15.7. The topological polar surface area (TPSA) is 127 Å². The first kappa shape index (κ1) is 27.0. The largest absolute Gasteiger partial charge is 0.465 e. The van der Waals surface area contributed by atoms with E-state index in [1.807, 2.05) is 7.05 Å². The molecule has 2 fully saturated rings. The van der Waals surface area contributed by atoms with Crippen molar-refractivity contribution in [2.24, 2.45) is 13.0 Å². The van der Waals surface area contributed by atoms with Gasteiger partial charge in [0.1, 0.15) is 22.5 Å². The standard InChI is InChI=1S/C28H32F2N8O4/c1-31-6-3-18-33-23-21(29)16-9-15(10-17(16)22(30)24(23)36(18)2)12-37-7-4-28(5-8-37)14-38(27(40)42-28)19-11-32-26-25(34-19)35-20(39)13-41-26/h11,15,31H,3-10,12-14H2,1-2H3,(H,34,35,39). The number of nitrogens with one attached hydrogen (secondary N) is 2. The molecule has 1 atom stereocenters. The van der Waals surface area contributed by atoms with E-state index in [0.717, 1.165) is 0 Å². The lowest BCUT2D eigenvalue weighted by atomic mass is 9.90. The second kappa shape index (κ2) is 10.1. The van der Waals surface area contributed by atoms with Crippen molar-refractivity contribution in [3.63, 3.8) is 0 Å². The highest BCUT2D eigenvalue weighted by atomic mass is 19.1. The molecule has 2 N–H and O–H groups in total. The van der Waals surface area contributed by atoms with Crippen molar-refractivity contribution >= 4 is 34.7 Å². The third-order valence-corrected chi connectivity index (χ3v) is 8.94. The lowest BCUT2D eigenvalue weighted by Gasteiger charge is -2.38. The Morgan fingerprint density at radius 1 is 1.14 bits per heavy atom. The van der Waals surface area contributed by atoms with Gasteiger partial charge in [-0.05, 0) is 36.9 Å². The summed E-state index contributed by atoms with van der Waals surface area (Å²) in [7, 11) is 3.58. The Bertz CT molecular complexity index is 1600. The number of fused-ring (bicyclic) bond motifs is 3. The Hall–Kier alpha value is -3.91. The Morgan fingerprint density at radius 2 is 1.90 bits per heavy atom. The Kier molecular flexibility index (Phi) is 6.50. The molecule has 0 saturated carbocycles. The van der Waals surface area contributed by atoms with Gasteiger partial charge in [-0.3, -0.25) is 9.69 Å². The molecule has 222 valence electrons. The monoisotopic (exact) mass is 582 g/mol. The van der Waals surface area contributed by atoms with Gasteiger partial charge in [-0.1, -0.05) is 0 Å². The average Bonchev–Trinajstić information content (AvgIpc) is 3.65. The van der Waals surface area contributed by atoms with E-state index in [9.17, 15) is 9.59 Å². The summed E-state index contributed by atoms with van der Waals surface area (Å²) in [5.74, 6) is 0.319. The van der Waals surface area contributed by atoms with Crippen LogP contribution in [0.4, 0.5) is 25.2 Å². The van der Waals surface area contributed by atoms with E-state index >= 15 is 8.78 Å². The Balaban J connectivity index is 1.000. The van der Waals surface area contributed by atoms with Gasteiger partial charge in [0.05, 0.1) is 12.7 Å². The predicted octanol–water partition coefficient (Wildman–Crippen LogP) is 1.94. The molecule has 5 heterocycles. The highest BCUT2D eigenvalue weighted by Gasteiger charge is 2.48. The van der Waals surface area contributed by atoms with Crippen molar-refractivity contribution in [3.8, 4) is 5.88 Å². The predicted molar refractivity (Wildman–Crippen MR) is 148 cm³/mol. The third-order valence-electron chi connectivity index (χ3n) is 8.94. The number of likely N-dealkylation sites (tertiary alicyclic amines) is 1. The first-order chi connectivity index (χ1) is 20.2. The van der Waals surface area contributed by atoms with Crippen LogP contribution in [0.15, 0.2) is 6.20 Å². The zero-order valence-corrected chi connectivity index (χ0v) is 23.5. The molecule has 4 aliphatic rings. The summed E-state index contributed by atoms with van der Waals surface area (Å²) in [6.07, 6.45) is 3.71.